The summed E-state index contributed by atoms with van der Waals surface area (Å²) in [5, 5.41) is 4.04. The van der Waals surface area contributed by atoms with Crippen molar-refractivity contribution in [3.05, 3.63) is 0 Å². The van der Waals surface area contributed by atoms with E-state index in [1.807, 2.05) is 0 Å². The Morgan fingerprint density at radius 1 is 1.64 bits per heavy atom. The van der Waals surface area contributed by atoms with Crippen molar-refractivity contribution in [2.75, 3.05) is 0 Å². The predicted octanol–water partition coefficient (Wildman–Crippen LogP) is 0.703. The number of carbonyl (C=O) groups is 1. The summed E-state index contributed by atoms with van der Waals surface area (Å²) < 4.78 is 0. The van der Waals surface area contributed by atoms with Crippen molar-refractivity contribution < 1.29 is 4.79 Å². The highest BCUT2D eigenvalue weighted by Crippen LogP contribution is 2.25. The monoisotopic (exact) mass is 152 g/mol. The van der Waals surface area contributed by atoms with Crippen molar-refractivity contribution in [3.8, 4) is 0 Å². The van der Waals surface area contributed by atoms with Gasteiger partial charge in [-0.15, -0.1) is 0 Å². The summed E-state index contributed by atoms with van der Waals surface area (Å²) in [5.41, 5.74) is 3.75. The fraction of sp³-hybridized carbons (Fsp3) is 0.750. The van der Waals surface area contributed by atoms with Gasteiger partial charge in [0, 0.05) is 18.4 Å². The van der Waals surface area contributed by atoms with E-state index in [0.29, 0.717) is 18.4 Å². The van der Waals surface area contributed by atoms with Crippen LogP contribution in [0.3, 0.4) is 0 Å². The van der Waals surface area contributed by atoms with Crippen LogP contribution in [-0.2, 0) is 4.79 Å². The summed E-state index contributed by atoms with van der Waals surface area (Å²) in [5.74, 6) is 0.648. The molecule has 0 spiro atoms. The minimum absolute atomic E-state index is 0.248. The fourth-order valence-corrected chi connectivity index (χ4v) is 1.85. The molecular formula is C8H12N2O. The van der Waals surface area contributed by atoms with Gasteiger partial charge in [0.15, 0.2) is 5.78 Å². The van der Waals surface area contributed by atoms with Gasteiger partial charge in [-0.3, -0.25) is 4.79 Å². The summed E-state index contributed by atoms with van der Waals surface area (Å²) in [6.07, 6.45) is 2.86. The quantitative estimate of drug-likeness (QED) is 0.555. The first-order chi connectivity index (χ1) is 5.29. The van der Waals surface area contributed by atoms with Crippen molar-refractivity contribution >= 4 is 11.5 Å². The van der Waals surface area contributed by atoms with Gasteiger partial charge >= 0.3 is 0 Å². The molecule has 2 atom stereocenters. The second-order valence-corrected chi connectivity index (χ2v) is 3.34. The zero-order valence-electron chi connectivity index (χ0n) is 6.63. The van der Waals surface area contributed by atoms with Crippen LogP contribution in [0, 0.1) is 5.92 Å². The molecule has 60 valence electrons. The van der Waals surface area contributed by atoms with Gasteiger partial charge in [-0.2, -0.15) is 5.10 Å². The fourth-order valence-electron chi connectivity index (χ4n) is 1.85. The van der Waals surface area contributed by atoms with Gasteiger partial charge in [-0.25, -0.2) is 0 Å². The highest BCUT2D eigenvalue weighted by Gasteiger charge is 2.35. The summed E-state index contributed by atoms with van der Waals surface area (Å²) in [6.45, 7) is 2.08. The zero-order valence-corrected chi connectivity index (χ0v) is 6.63. The largest absolute Gasteiger partial charge is 0.306 e. The number of fused-ring (bicyclic) bond motifs is 1. The predicted molar refractivity (Wildman–Crippen MR) is 42.4 cm³/mol. The maximum absolute atomic E-state index is 11.3. The molecule has 2 rings (SSSR count). The van der Waals surface area contributed by atoms with Gasteiger partial charge in [0.05, 0.1) is 0 Å². The van der Waals surface area contributed by atoms with E-state index in [9.17, 15) is 4.79 Å². The molecule has 2 aliphatic rings. The molecule has 1 aliphatic heterocycles. The number of nitrogens with one attached hydrogen (secondary N) is 1. The third kappa shape index (κ3) is 0.951. The highest BCUT2D eigenvalue weighted by atomic mass is 16.1. The van der Waals surface area contributed by atoms with Crippen LogP contribution in [0.2, 0.25) is 0 Å². The van der Waals surface area contributed by atoms with Gasteiger partial charge in [-0.1, -0.05) is 0 Å². The first-order valence-corrected chi connectivity index (χ1v) is 4.15. The summed E-state index contributed by atoms with van der Waals surface area (Å²) in [4.78, 5) is 11.3. The van der Waals surface area contributed by atoms with E-state index >= 15 is 0 Å². The third-order valence-corrected chi connectivity index (χ3v) is 2.55. The number of hydrazone groups is 1. The van der Waals surface area contributed by atoms with E-state index < -0.39 is 0 Å². The third-order valence-electron chi connectivity index (χ3n) is 2.55. The van der Waals surface area contributed by atoms with E-state index in [-0.39, 0.29) is 5.78 Å². The Balaban J connectivity index is 2.22. The zero-order chi connectivity index (χ0) is 7.84. The molecule has 11 heavy (non-hydrogen) atoms. The van der Waals surface area contributed by atoms with Crippen LogP contribution < -0.4 is 5.43 Å². The molecule has 1 N–H and O–H groups in total. The number of nitrogens with zero attached hydrogens (tertiary/aromatic N) is 1. The lowest BCUT2D eigenvalue weighted by atomic mass is 9.83. The minimum Gasteiger partial charge on any atom is -0.306 e. The van der Waals surface area contributed by atoms with Crippen molar-refractivity contribution in [3.63, 3.8) is 0 Å². The number of hydrogen-bond donors (Lipinski definition) is 1. The Kier molecular flexibility index (Phi) is 1.44. The van der Waals surface area contributed by atoms with E-state index in [4.69, 9.17) is 0 Å². The smallest absolute Gasteiger partial charge is 0.179 e. The molecule has 0 amide bonds. The molecule has 0 aromatic heterocycles. The van der Waals surface area contributed by atoms with Crippen LogP contribution in [0.25, 0.3) is 0 Å². The highest BCUT2D eigenvalue weighted by molar-refractivity contribution is 6.41. The minimum atomic E-state index is 0.248. The maximum atomic E-state index is 11.3. The summed E-state index contributed by atoms with van der Waals surface area (Å²) in [7, 11) is 0. The Morgan fingerprint density at radius 3 is 3.18 bits per heavy atom. The van der Waals surface area contributed by atoms with E-state index in [0.717, 1.165) is 18.6 Å². The number of ketones is 1. The molecule has 1 heterocycles. The number of carbonyl (C=O) groups excluding carboxylic acids is 1. The number of rotatable bonds is 0. The van der Waals surface area contributed by atoms with Crippen molar-refractivity contribution in [1.29, 1.82) is 0 Å². The number of Topliss-reactive ketones (excluding diaryl/α,β-unsaturated/α-hetero) is 1. The normalized spacial score (nSPS) is 36.1. The molecule has 0 unspecified atom stereocenters. The maximum Gasteiger partial charge on any atom is 0.179 e. The average Bonchev–Trinajstić information content (AvgIpc) is 2.35. The van der Waals surface area contributed by atoms with Crippen molar-refractivity contribution in [2.24, 2.45) is 11.0 Å². The lowest BCUT2D eigenvalue weighted by Gasteiger charge is -2.19. The Labute approximate surface area is 65.9 Å². The number of hydrogen-bond acceptors (Lipinski definition) is 3. The first-order valence-electron chi connectivity index (χ1n) is 4.15. The molecule has 3 heteroatoms. The molecule has 1 fully saturated rings. The van der Waals surface area contributed by atoms with Crippen LogP contribution in [0.15, 0.2) is 5.10 Å². The second-order valence-electron chi connectivity index (χ2n) is 3.34. The van der Waals surface area contributed by atoms with Crippen molar-refractivity contribution in [1.82, 2.24) is 5.43 Å². The molecular weight excluding hydrogens is 140 g/mol. The van der Waals surface area contributed by atoms with Gasteiger partial charge < -0.3 is 5.43 Å². The molecule has 0 aromatic rings. The van der Waals surface area contributed by atoms with E-state index in [1.54, 1.807) is 0 Å². The topological polar surface area (TPSA) is 41.5 Å². The van der Waals surface area contributed by atoms with Gasteiger partial charge in [0.25, 0.3) is 0 Å². The van der Waals surface area contributed by atoms with E-state index in [2.05, 4.69) is 17.5 Å². The van der Waals surface area contributed by atoms with Crippen LogP contribution in [-0.4, -0.2) is 17.5 Å². The van der Waals surface area contributed by atoms with Crippen LogP contribution >= 0.6 is 0 Å². The van der Waals surface area contributed by atoms with Gasteiger partial charge in [-0.05, 0) is 19.8 Å². The second kappa shape index (κ2) is 2.32. The Bertz CT molecular complexity index is 222. The Morgan fingerprint density at radius 2 is 2.45 bits per heavy atom. The average molecular weight is 152 g/mol. The molecule has 0 radical (unpaired) electrons. The SMILES string of the molecule is C[C@@H]1NN=C2C(=O)CCC[C@H]21. The lowest BCUT2D eigenvalue weighted by Crippen LogP contribution is -2.32. The lowest BCUT2D eigenvalue weighted by molar-refractivity contribution is -0.113. The van der Waals surface area contributed by atoms with Gasteiger partial charge in [0.1, 0.15) is 5.71 Å². The van der Waals surface area contributed by atoms with Crippen LogP contribution in [0.4, 0.5) is 0 Å². The molecule has 0 saturated heterocycles. The van der Waals surface area contributed by atoms with Crippen LogP contribution in [0.1, 0.15) is 26.2 Å². The van der Waals surface area contributed by atoms with E-state index in [1.165, 1.54) is 0 Å². The molecule has 0 aromatic carbocycles. The standard InChI is InChI=1S/C8H12N2O/c1-5-6-3-2-4-7(11)8(6)10-9-5/h5-6,9H,2-4H2,1H3/t5-,6-/m0/s1. The summed E-state index contributed by atoms with van der Waals surface area (Å²) >= 11 is 0. The summed E-state index contributed by atoms with van der Waals surface area (Å²) in [6, 6.07) is 0.370. The molecule has 0 bridgehead atoms. The molecule has 1 aliphatic carbocycles. The van der Waals surface area contributed by atoms with Gasteiger partial charge in [0.2, 0.25) is 0 Å². The van der Waals surface area contributed by atoms with Crippen LogP contribution in [0.5, 0.6) is 0 Å². The molecule has 3 nitrogen and oxygen atoms in total. The Hall–Kier alpha value is -0.860. The first kappa shape index (κ1) is 6.83. The molecule has 1 saturated carbocycles. The van der Waals surface area contributed by atoms with Crippen molar-refractivity contribution in [2.45, 2.75) is 32.2 Å².